The molecule has 6 heteroatoms. The van der Waals surface area contributed by atoms with E-state index >= 15 is 0 Å². The Labute approximate surface area is 128 Å². The van der Waals surface area contributed by atoms with Crippen molar-refractivity contribution in [1.82, 2.24) is 10.6 Å². The van der Waals surface area contributed by atoms with Crippen LogP contribution in [0.4, 0.5) is 0 Å². The normalized spacial score (nSPS) is 11.5. The molecule has 0 aliphatic heterocycles. The number of guanidine groups is 1. The van der Waals surface area contributed by atoms with Crippen molar-refractivity contribution in [2.75, 3.05) is 34.4 Å². The van der Waals surface area contributed by atoms with Crippen molar-refractivity contribution >= 4 is 29.9 Å². The first-order valence-corrected chi connectivity index (χ1v) is 5.81. The Bertz CT molecular complexity index is 234. The fourth-order valence-corrected chi connectivity index (χ4v) is 0.958. The largest absolute Gasteiger partial charge is 0.377 e. The number of nitrogens with one attached hydrogen (secondary N) is 2. The highest BCUT2D eigenvalue weighted by Gasteiger charge is 2.19. The van der Waals surface area contributed by atoms with E-state index in [1.54, 1.807) is 21.3 Å². The molecule has 2 N–H and O–H groups in total. The van der Waals surface area contributed by atoms with Gasteiger partial charge >= 0.3 is 0 Å². The summed E-state index contributed by atoms with van der Waals surface area (Å²) < 4.78 is 10.7. The van der Waals surface area contributed by atoms with Gasteiger partial charge in [-0.1, -0.05) is 0 Å². The van der Waals surface area contributed by atoms with E-state index in [2.05, 4.69) is 15.6 Å². The molecule has 0 aromatic heterocycles. The summed E-state index contributed by atoms with van der Waals surface area (Å²) in [6.45, 7) is 9.46. The van der Waals surface area contributed by atoms with Crippen LogP contribution < -0.4 is 10.6 Å². The Morgan fingerprint density at radius 2 is 1.28 bits per heavy atom. The Hall–Kier alpha value is -0.0800. The van der Waals surface area contributed by atoms with E-state index in [4.69, 9.17) is 9.47 Å². The molecule has 0 atom stereocenters. The van der Waals surface area contributed by atoms with Gasteiger partial charge in [0, 0.05) is 34.4 Å². The average Bonchev–Trinajstić information content (AvgIpc) is 2.29. The number of hydrogen-bond donors (Lipinski definition) is 2. The van der Waals surface area contributed by atoms with Crippen molar-refractivity contribution in [3.8, 4) is 0 Å². The minimum atomic E-state index is -0.214. The van der Waals surface area contributed by atoms with Gasteiger partial charge in [0.15, 0.2) is 5.96 Å². The number of hydrogen-bond acceptors (Lipinski definition) is 3. The second kappa shape index (κ2) is 8.92. The van der Waals surface area contributed by atoms with E-state index in [1.165, 1.54) is 0 Å². The van der Waals surface area contributed by atoms with Crippen molar-refractivity contribution in [1.29, 1.82) is 0 Å². The molecule has 0 spiro atoms. The molecule has 18 heavy (non-hydrogen) atoms. The maximum Gasteiger partial charge on any atom is 0.191 e. The predicted octanol–water partition coefficient (Wildman–Crippen LogP) is 1.62. The number of ether oxygens (including phenoxy) is 2. The lowest BCUT2D eigenvalue weighted by Gasteiger charge is -2.27. The molecular formula is C12H28IN3O2. The molecule has 0 aliphatic rings. The Morgan fingerprint density at radius 3 is 1.50 bits per heavy atom. The molecule has 110 valence electrons. The zero-order chi connectivity index (χ0) is 13.5. The van der Waals surface area contributed by atoms with Crippen LogP contribution in [0.5, 0.6) is 0 Å². The summed E-state index contributed by atoms with van der Waals surface area (Å²) in [7, 11) is 5.15. The van der Waals surface area contributed by atoms with Gasteiger partial charge in [-0.25, -0.2) is 0 Å². The van der Waals surface area contributed by atoms with Crippen molar-refractivity contribution in [3.05, 3.63) is 0 Å². The molecule has 0 fully saturated rings. The molecular weight excluding hydrogens is 345 g/mol. The van der Waals surface area contributed by atoms with Crippen LogP contribution in [0.15, 0.2) is 4.99 Å². The topological polar surface area (TPSA) is 54.9 Å². The lowest BCUT2D eigenvalue weighted by atomic mass is 10.1. The molecule has 0 saturated heterocycles. The summed E-state index contributed by atoms with van der Waals surface area (Å²) in [6, 6.07) is 0. The van der Waals surface area contributed by atoms with Crippen LogP contribution in [0.1, 0.15) is 27.7 Å². The van der Waals surface area contributed by atoms with E-state index < -0.39 is 0 Å². The molecule has 0 unspecified atom stereocenters. The summed E-state index contributed by atoms with van der Waals surface area (Å²) in [6.07, 6.45) is 0. The predicted molar refractivity (Wildman–Crippen MR) is 87.0 cm³/mol. The van der Waals surface area contributed by atoms with E-state index in [-0.39, 0.29) is 35.2 Å². The molecule has 0 saturated carbocycles. The number of methoxy groups -OCH3 is 2. The van der Waals surface area contributed by atoms with Gasteiger partial charge in [0.25, 0.3) is 0 Å². The maximum absolute atomic E-state index is 5.33. The molecule has 5 nitrogen and oxygen atoms in total. The van der Waals surface area contributed by atoms with Crippen LogP contribution in [0.2, 0.25) is 0 Å². The van der Waals surface area contributed by atoms with Crippen LogP contribution in [0, 0.1) is 0 Å². The van der Waals surface area contributed by atoms with Crippen LogP contribution >= 0.6 is 24.0 Å². The second-order valence-corrected chi connectivity index (χ2v) is 5.21. The third kappa shape index (κ3) is 8.93. The lowest BCUT2D eigenvalue weighted by molar-refractivity contribution is 0.0241. The summed E-state index contributed by atoms with van der Waals surface area (Å²) in [5, 5.41) is 6.43. The van der Waals surface area contributed by atoms with Crippen LogP contribution in [0.3, 0.4) is 0 Å². The van der Waals surface area contributed by atoms with Gasteiger partial charge in [-0.05, 0) is 27.7 Å². The molecule has 0 aromatic carbocycles. The number of halogens is 1. The Balaban J connectivity index is 0. The van der Waals surface area contributed by atoms with Crippen LogP contribution in [-0.2, 0) is 9.47 Å². The number of rotatable bonds is 6. The molecule has 0 aromatic rings. The SMILES string of the molecule is CN=C(NCC(C)(C)OC)NCC(C)(C)OC.I. The minimum absolute atomic E-state index is 0. The van der Waals surface area contributed by atoms with Crippen molar-refractivity contribution < 1.29 is 9.47 Å². The highest BCUT2D eigenvalue weighted by atomic mass is 127. The fraction of sp³-hybridized carbons (Fsp3) is 0.917. The highest BCUT2D eigenvalue weighted by molar-refractivity contribution is 14.0. The third-order valence-corrected chi connectivity index (χ3v) is 2.69. The van der Waals surface area contributed by atoms with Crippen molar-refractivity contribution in [2.24, 2.45) is 4.99 Å². The molecule has 0 bridgehead atoms. The van der Waals surface area contributed by atoms with E-state index in [9.17, 15) is 0 Å². The molecule has 0 aliphatic carbocycles. The minimum Gasteiger partial charge on any atom is -0.377 e. The van der Waals surface area contributed by atoms with Gasteiger partial charge in [-0.3, -0.25) is 4.99 Å². The second-order valence-electron chi connectivity index (χ2n) is 5.21. The maximum atomic E-state index is 5.33. The summed E-state index contributed by atoms with van der Waals surface area (Å²) in [5.74, 6) is 0.750. The third-order valence-electron chi connectivity index (χ3n) is 2.69. The smallest absolute Gasteiger partial charge is 0.191 e. The van der Waals surface area contributed by atoms with Crippen molar-refractivity contribution in [3.63, 3.8) is 0 Å². The van der Waals surface area contributed by atoms with Crippen molar-refractivity contribution in [2.45, 2.75) is 38.9 Å². The van der Waals surface area contributed by atoms with Gasteiger partial charge in [0.1, 0.15) is 0 Å². The average molecular weight is 373 g/mol. The van der Waals surface area contributed by atoms with E-state index in [1.807, 2.05) is 27.7 Å². The molecule has 0 amide bonds. The number of aliphatic imine (C=N–C) groups is 1. The lowest BCUT2D eigenvalue weighted by Crippen LogP contribution is -2.49. The zero-order valence-electron chi connectivity index (χ0n) is 12.6. The van der Waals surface area contributed by atoms with E-state index in [0.717, 1.165) is 5.96 Å². The van der Waals surface area contributed by atoms with Gasteiger partial charge in [0.05, 0.1) is 11.2 Å². The first-order valence-electron chi connectivity index (χ1n) is 5.81. The highest BCUT2D eigenvalue weighted by Crippen LogP contribution is 2.06. The zero-order valence-corrected chi connectivity index (χ0v) is 14.9. The van der Waals surface area contributed by atoms with E-state index in [0.29, 0.717) is 13.1 Å². The van der Waals surface area contributed by atoms with Gasteiger partial charge in [-0.15, -0.1) is 24.0 Å². The van der Waals surface area contributed by atoms with Gasteiger partial charge in [0.2, 0.25) is 0 Å². The Morgan fingerprint density at radius 1 is 0.944 bits per heavy atom. The summed E-state index contributed by atoms with van der Waals surface area (Å²) in [4.78, 5) is 4.15. The van der Waals surface area contributed by atoms with Crippen LogP contribution in [0.25, 0.3) is 0 Å². The standard InChI is InChI=1S/C12H27N3O2.HI/c1-11(2,16-6)8-14-10(13-5)15-9-12(3,4)17-7;/h8-9H2,1-7H3,(H2,13,14,15);1H. The van der Waals surface area contributed by atoms with Gasteiger partial charge in [-0.2, -0.15) is 0 Å². The monoisotopic (exact) mass is 373 g/mol. The number of nitrogens with zero attached hydrogens (tertiary/aromatic N) is 1. The summed E-state index contributed by atoms with van der Waals surface area (Å²) in [5.41, 5.74) is -0.428. The van der Waals surface area contributed by atoms with Gasteiger partial charge < -0.3 is 20.1 Å². The first-order chi connectivity index (χ1) is 7.76. The summed E-state index contributed by atoms with van der Waals surface area (Å²) >= 11 is 0. The Kier molecular flexibility index (Phi) is 10.0. The van der Waals surface area contributed by atoms with Crippen LogP contribution in [-0.4, -0.2) is 51.5 Å². The molecule has 0 heterocycles. The quantitative estimate of drug-likeness (QED) is 0.422. The molecule has 0 rings (SSSR count). The molecule has 0 radical (unpaired) electrons. The first kappa shape index (κ1) is 20.2. The fourth-order valence-electron chi connectivity index (χ4n) is 0.958.